The van der Waals surface area contributed by atoms with Crippen molar-refractivity contribution in [2.45, 2.75) is 11.3 Å². The van der Waals surface area contributed by atoms with E-state index in [1.807, 2.05) is 12.1 Å². The number of carbonyl (C=O) groups is 1. The predicted molar refractivity (Wildman–Crippen MR) is 66.5 cm³/mol. The van der Waals surface area contributed by atoms with Crippen molar-refractivity contribution in [3.63, 3.8) is 0 Å². The molecule has 1 amide bonds. The summed E-state index contributed by atoms with van der Waals surface area (Å²) in [5, 5.41) is 0. The third kappa shape index (κ3) is 2.07. The van der Waals surface area contributed by atoms with Crippen LogP contribution in [0.25, 0.3) is 0 Å². The van der Waals surface area contributed by atoms with Gasteiger partial charge in [-0.05, 0) is 30.7 Å². The smallest absolute Gasteiger partial charge is 0.238 e. The average Bonchev–Trinajstić information content (AvgIpc) is 2.29. The number of rotatable bonds is 3. The molecule has 0 unspecified atom stereocenters. The molecule has 0 bridgehead atoms. The highest BCUT2D eigenvalue weighted by Gasteiger charge is 2.23. The number of hydrogen-bond donors (Lipinski definition) is 2. The molecular weight excluding hydrogens is 222 g/mol. The lowest BCUT2D eigenvalue weighted by molar-refractivity contribution is -0.116. The van der Waals surface area contributed by atoms with Gasteiger partial charge in [0.05, 0.1) is 18.1 Å². The Balaban J connectivity index is 2.37. The van der Waals surface area contributed by atoms with Crippen LogP contribution in [0.1, 0.15) is 5.56 Å². The Morgan fingerprint density at radius 2 is 2.19 bits per heavy atom. The van der Waals surface area contributed by atoms with Gasteiger partial charge in [0.15, 0.2) is 0 Å². The van der Waals surface area contributed by atoms with Crippen LogP contribution in [0, 0.1) is 0 Å². The lowest BCUT2D eigenvalue weighted by atomic mass is 10.1. The highest BCUT2D eigenvalue weighted by atomic mass is 32.2. The molecule has 1 aromatic carbocycles. The van der Waals surface area contributed by atoms with Crippen molar-refractivity contribution >= 4 is 23.4 Å². The van der Waals surface area contributed by atoms with E-state index in [1.54, 1.807) is 16.7 Å². The maximum Gasteiger partial charge on any atom is 0.238 e. The summed E-state index contributed by atoms with van der Waals surface area (Å²) in [4.78, 5) is 14.4. The highest BCUT2D eigenvalue weighted by molar-refractivity contribution is 8.00. The first-order valence-electron chi connectivity index (χ1n) is 5.22. The monoisotopic (exact) mass is 237 g/mol. The third-order valence-electron chi connectivity index (χ3n) is 2.58. The number of fused-ring (bicyclic) bond motifs is 1. The van der Waals surface area contributed by atoms with Crippen LogP contribution in [0.2, 0.25) is 0 Å². The Morgan fingerprint density at radius 1 is 1.38 bits per heavy atom. The number of benzene rings is 1. The van der Waals surface area contributed by atoms with Gasteiger partial charge < -0.3 is 11.5 Å². The van der Waals surface area contributed by atoms with Gasteiger partial charge in [-0.3, -0.25) is 9.69 Å². The van der Waals surface area contributed by atoms with Crippen LogP contribution in [0.4, 0.5) is 5.69 Å². The van der Waals surface area contributed by atoms with Crippen molar-refractivity contribution in [1.82, 2.24) is 0 Å². The molecule has 4 N–H and O–H groups in total. The molecule has 1 heterocycles. The second-order valence-corrected chi connectivity index (χ2v) is 4.65. The summed E-state index contributed by atoms with van der Waals surface area (Å²) in [6, 6.07) is 6.11. The van der Waals surface area contributed by atoms with Crippen LogP contribution in [0.5, 0.6) is 0 Å². The number of anilines is 1. The minimum Gasteiger partial charge on any atom is -0.330 e. The van der Waals surface area contributed by atoms with Gasteiger partial charge >= 0.3 is 0 Å². The minimum atomic E-state index is 0.0740. The molecule has 86 valence electrons. The van der Waals surface area contributed by atoms with Crippen LogP contribution in [-0.4, -0.2) is 24.9 Å². The highest BCUT2D eigenvalue weighted by Crippen LogP contribution is 2.35. The SMILES string of the molecule is NCCc1ccc2c(c1)N(CN)C(=O)CS2. The van der Waals surface area contributed by atoms with Crippen molar-refractivity contribution in [1.29, 1.82) is 0 Å². The standard InChI is InChI=1S/C11H15N3OS/c12-4-3-8-1-2-10-9(5-8)14(7-13)11(15)6-16-10/h1-2,5H,3-4,6-7,12-13H2. The van der Waals surface area contributed by atoms with Gasteiger partial charge in [-0.1, -0.05) is 6.07 Å². The Kier molecular flexibility index (Phi) is 3.48. The van der Waals surface area contributed by atoms with Gasteiger partial charge in [0.1, 0.15) is 0 Å². The Hall–Kier alpha value is -1.04. The zero-order chi connectivity index (χ0) is 11.5. The number of thioether (sulfide) groups is 1. The van der Waals surface area contributed by atoms with E-state index in [0.717, 1.165) is 22.6 Å². The molecule has 0 saturated heterocycles. The Labute approximate surface area is 99.0 Å². The van der Waals surface area contributed by atoms with E-state index in [2.05, 4.69) is 6.07 Å². The van der Waals surface area contributed by atoms with Crippen molar-refractivity contribution in [2.75, 3.05) is 23.9 Å². The van der Waals surface area contributed by atoms with Crippen molar-refractivity contribution in [3.05, 3.63) is 23.8 Å². The van der Waals surface area contributed by atoms with Gasteiger partial charge in [0.2, 0.25) is 5.91 Å². The molecule has 16 heavy (non-hydrogen) atoms. The number of nitrogens with two attached hydrogens (primary N) is 2. The molecule has 0 fully saturated rings. The first-order chi connectivity index (χ1) is 7.76. The first-order valence-corrected chi connectivity index (χ1v) is 6.21. The van der Waals surface area contributed by atoms with E-state index >= 15 is 0 Å². The molecule has 4 nitrogen and oxygen atoms in total. The van der Waals surface area contributed by atoms with Crippen LogP contribution < -0.4 is 16.4 Å². The molecule has 0 aromatic heterocycles. The largest absolute Gasteiger partial charge is 0.330 e. The number of carbonyl (C=O) groups excluding carboxylic acids is 1. The fraction of sp³-hybridized carbons (Fsp3) is 0.364. The molecule has 1 aromatic rings. The van der Waals surface area contributed by atoms with E-state index in [0.29, 0.717) is 12.3 Å². The lowest BCUT2D eigenvalue weighted by Gasteiger charge is -2.28. The molecule has 1 aliphatic heterocycles. The average molecular weight is 237 g/mol. The molecular formula is C11H15N3OS. The maximum atomic E-state index is 11.7. The molecule has 0 atom stereocenters. The number of amides is 1. The second kappa shape index (κ2) is 4.86. The van der Waals surface area contributed by atoms with Crippen LogP contribution in [0.15, 0.2) is 23.1 Å². The molecule has 0 aliphatic carbocycles. The van der Waals surface area contributed by atoms with Gasteiger partial charge in [0, 0.05) is 4.90 Å². The van der Waals surface area contributed by atoms with Gasteiger partial charge in [-0.2, -0.15) is 0 Å². The Morgan fingerprint density at radius 3 is 2.88 bits per heavy atom. The summed E-state index contributed by atoms with van der Waals surface area (Å²) in [5.74, 6) is 0.547. The normalized spacial score (nSPS) is 15.1. The van der Waals surface area contributed by atoms with E-state index in [-0.39, 0.29) is 12.6 Å². The fourth-order valence-electron chi connectivity index (χ4n) is 1.77. The van der Waals surface area contributed by atoms with Gasteiger partial charge in [-0.25, -0.2) is 0 Å². The summed E-state index contributed by atoms with van der Waals surface area (Å²) in [7, 11) is 0. The summed E-state index contributed by atoms with van der Waals surface area (Å²) < 4.78 is 0. The third-order valence-corrected chi connectivity index (χ3v) is 3.63. The Bertz CT molecular complexity index is 408. The van der Waals surface area contributed by atoms with Gasteiger partial charge in [0.25, 0.3) is 0 Å². The van der Waals surface area contributed by atoms with E-state index < -0.39 is 0 Å². The van der Waals surface area contributed by atoms with E-state index in [9.17, 15) is 4.79 Å². The molecule has 5 heteroatoms. The van der Waals surface area contributed by atoms with Crippen molar-refractivity contribution in [3.8, 4) is 0 Å². The van der Waals surface area contributed by atoms with E-state index in [1.165, 1.54) is 0 Å². The molecule has 0 spiro atoms. The summed E-state index contributed by atoms with van der Waals surface area (Å²) in [6.07, 6.45) is 0.824. The molecule has 0 saturated carbocycles. The summed E-state index contributed by atoms with van der Waals surface area (Å²) >= 11 is 1.56. The zero-order valence-corrected chi connectivity index (χ0v) is 9.80. The number of hydrogen-bond acceptors (Lipinski definition) is 4. The minimum absolute atomic E-state index is 0.0740. The van der Waals surface area contributed by atoms with Crippen molar-refractivity contribution in [2.24, 2.45) is 11.5 Å². The van der Waals surface area contributed by atoms with Crippen LogP contribution >= 0.6 is 11.8 Å². The van der Waals surface area contributed by atoms with E-state index in [4.69, 9.17) is 11.5 Å². The summed E-state index contributed by atoms with van der Waals surface area (Å²) in [5.41, 5.74) is 13.2. The van der Waals surface area contributed by atoms with Crippen LogP contribution in [-0.2, 0) is 11.2 Å². The maximum absolute atomic E-state index is 11.7. The van der Waals surface area contributed by atoms with Crippen molar-refractivity contribution < 1.29 is 4.79 Å². The number of nitrogens with zero attached hydrogens (tertiary/aromatic N) is 1. The summed E-state index contributed by atoms with van der Waals surface area (Å²) in [6.45, 7) is 0.848. The molecule has 0 radical (unpaired) electrons. The topological polar surface area (TPSA) is 72.3 Å². The molecule has 2 rings (SSSR count). The quantitative estimate of drug-likeness (QED) is 0.805. The van der Waals surface area contributed by atoms with Crippen LogP contribution in [0.3, 0.4) is 0 Å². The zero-order valence-electron chi connectivity index (χ0n) is 8.98. The first kappa shape index (κ1) is 11.4. The van der Waals surface area contributed by atoms with Gasteiger partial charge in [-0.15, -0.1) is 11.8 Å². The molecule has 1 aliphatic rings. The lowest BCUT2D eigenvalue weighted by Crippen LogP contribution is -2.39. The second-order valence-electron chi connectivity index (χ2n) is 3.63. The predicted octanol–water partition coefficient (Wildman–Crippen LogP) is 0.543. The fourth-order valence-corrected chi connectivity index (χ4v) is 2.69.